The van der Waals surface area contributed by atoms with Crippen molar-refractivity contribution in [1.29, 1.82) is 5.26 Å². The molecule has 0 radical (unpaired) electrons. The minimum atomic E-state index is -0.711. The van der Waals surface area contributed by atoms with Crippen LogP contribution in [0.2, 0.25) is 0 Å². The molecule has 3 heterocycles. The number of rotatable bonds is 7. The molecule has 2 fully saturated rings. The Morgan fingerprint density at radius 1 is 1.42 bits per heavy atom. The van der Waals surface area contributed by atoms with Crippen LogP contribution in [0.15, 0.2) is 4.42 Å². The van der Waals surface area contributed by atoms with Crippen LogP contribution in [0.25, 0.3) is 0 Å². The zero-order chi connectivity index (χ0) is 22.6. The van der Waals surface area contributed by atoms with E-state index in [1.54, 1.807) is 20.8 Å². The fourth-order valence-corrected chi connectivity index (χ4v) is 3.33. The van der Waals surface area contributed by atoms with Crippen LogP contribution in [-0.4, -0.2) is 75.1 Å². The third kappa shape index (κ3) is 5.63. The maximum atomic E-state index is 12.1. The number of piperidine rings is 1. The van der Waals surface area contributed by atoms with E-state index >= 15 is 0 Å². The average Bonchev–Trinajstić information content (AvgIpc) is 3.24. The Bertz CT molecular complexity index is 892. The van der Waals surface area contributed by atoms with Crippen molar-refractivity contribution in [2.45, 2.75) is 57.7 Å². The third-order valence-electron chi connectivity index (χ3n) is 4.63. The molecule has 13 nitrogen and oxygen atoms in total. The van der Waals surface area contributed by atoms with Crippen molar-refractivity contribution in [2.24, 2.45) is 0 Å². The summed E-state index contributed by atoms with van der Waals surface area (Å²) in [5.74, 6) is 0.641. The number of nitrogens with one attached hydrogen (secondary N) is 2. The van der Waals surface area contributed by atoms with Gasteiger partial charge in [-0.3, -0.25) is 0 Å². The van der Waals surface area contributed by atoms with Crippen LogP contribution in [-0.2, 0) is 15.8 Å². The number of hydrogen-bond acceptors (Lipinski definition) is 10. The zero-order valence-electron chi connectivity index (χ0n) is 17.5. The van der Waals surface area contributed by atoms with Crippen molar-refractivity contribution < 1.29 is 28.6 Å². The molecule has 31 heavy (non-hydrogen) atoms. The molecule has 2 aliphatic rings. The Morgan fingerprint density at radius 2 is 2.19 bits per heavy atom. The molecule has 2 aliphatic heterocycles. The van der Waals surface area contributed by atoms with E-state index in [1.807, 2.05) is 0 Å². The predicted octanol–water partition coefficient (Wildman–Crippen LogP) is 0.261. The Balaban J connectivity index is 1.54. The number of nitrogens with zero attached hydrogens (tertiary/aromatic N) is 5. The van der Waals surface area contributed by atoms with Gasteiger partial charge >= 0.3 is 178 Å². The van der Waals surface area contributed by atoms with E-state index in [0.29, 0.717) is 37.6 Å². The van der Waals surface area contributed by atoms with Gasteiger partial charge in [-0.2, -0.15) is 0 Å². The van der Waals surface area contributed by atoms with Gasteiger partial charge in [-0.25, -0.2) is 0 Å². The summed E-state index contributed by atoms with van der Waals surface area (Å²) in [6.45, 7) is 5.87. The first-order valence-corrected chi connectivity index (χ1v) is 9.77. The van der Waals surface area contributed by atoms with Crippen molar-refractivity contribution in [3.05, 3.63) is 11.8 Å². The predicted molar refractivity (Wildman–Crippen MR) is 104 cm³/mol. The minimum absolute atomic E-state index is 0.125. The van der Waals surface area contributed by atoms with Crippen LogP contribution >= 0.6 is 0 Å². The van der Waals surface area contributed by atoms with Crippen LogP contribution in [0.5, 0.6) is 0 Å². The van der Waals surface area contributed by atoms with Crippen LogP contribution in [0, 0.1) is 11.5 Å². The standard InChI is InChI=1S/C17H24BN7O6/c1-17(2,3)31-15(26)21-14(18-29-9-19)20-7-6-12-22-23-13(30-12)11-5-4-10-8-24(11)16(27)25(10)28/h10-11,20,28H,4-8H2,1-3H3,(H,21,26)/t10-,11+/m1/s1. The van der Waals surface area contributed by atoms with Gasteiger partial charge in [0.2, 0.25) is 0 Å². The van der Waals surface area contributed by atoms with E-state index in [1.165, 1.54) is 11.2 Å². The number of carbonyl (C=O) groups is 2. The summed E-state index contributed by atoms with van der Waals surface area (Å²) in [5.41, 5.74) is -0.562. The normalized spacial score (nSPS) is 20.7. The number of amides is 3. The number of alkyl carbamates (subject to hydrolysis) is 1. The average molecular weight is 433 g/mol. The van der Waals surface area contributed by atoms with Gasteiger partial charge in [0.25, 0.3) is 0 Å². The molecule has 14 heteroatoms. The molecule has 166 valence electrons. The van der Waals surface area contributed by atoms with Gasteiger partial charge in [0.05, 0.1) is 0 Å². The number of ether oxygens (including phenoxy) is 1. The van der Waals surface area contributed by atoms with Gasteiger partial charge in [-0.05, 0) is 0 Å². The summed E-state index contributed by atoms with van der Waals surface area (Å²) in [5, 5.41) is 32.5. The first-order valence-electron chi connectivity index (χ1n) is 9.77. The van der Waals surface area contributed by atoms with Crippen LogP contribution in [0.4, 0.5) is 9.59 Å². The molecule has 0 aromatic carbocycles. The fourth-order valence-electron chi connectivity index (χ4n) is 3.33. The molecule has 3 N–H and O–H groups in total. The molecule has 1 aromatic rings. The molecule has 3 amide bonds. The zero-order valence-corrected chi connectivity index (χ0v) is 17.5. The molecular weight excluding hydrogens is 409 g/mol. The molecule has 0 spiro atoms. The molecule has 2 saturated heterocycles. The second kappa shape index (κ2) is 9.21. The second-order valence-corrected chi connectivity index (χ2v) is 8.10. The van der Waals surface area contributed by atoms with Crippen molar-refractivity contribution in [1.82, 2.24) is 30.8 Å². The third-order valence-corrected chi connectivity index (χ3v) is 4.63. The van der Waals surface area contributed by atoms with E-state index in [9.17, 15) is 14.8 Å². The van der Waals surface area contributed by atoms with Crippen molar-refractivity contribution in [3.8, 4) is 6.26 Å². The fraction of sp³-hybridized carbons (Fsp3) is 0.647. The maximum absolute atomic E-state index is 12.1. The van der Waals surface area contributed by atoms with E-state index in [4.69, 9.17) is 14.4 Å². The summed E-state index contributed by atoms with van der Waals surface area (Å²) in [6.07, 6.45) is 2.34. The number of hydroxylamine groups is 2. The molecular formula is C17H24BN7O6. The summed E-state index contributed by atoms with van der Waals surface area (Å²) in [4.78, 5) is 25.5. The second-order valence-electron chi connectivity index (χ2n) is 8.10. The monoisotopic (exact) mass is 433 g/mol. The van der Waals surface area contributed by atoms with Gasteiger partial charge in [0.1, 0.15) is 0 Å². The van der Waals surface area contributed by atoms with Gasteiger partial charge in [0, 0.05) is 0 Å². The summed E-state index contributed by atoms with van der Waals surface area (Å²) < 4.78 is 15.4. The first kappa shape index (κ1) is 22.4. The molecule has 0 aliphatic carbocycles. The Kier molecular flexibility index (Phi) is 6.64. The summed E-state index contributed by atoms with van der Waals surface area (Å²) in [6, 6.07) is -1.04. The van der Waals surface area contributed by atoms with Crippen LogP contribution in [0.3, 0.4) is 0 Å². The molecule has 2 atom stereocenters. The number of aromatic nitrogens is 2. The van der Waals surface area contributed by atoms with Gasteiger partial charge < -0.3 is 0 Å². The SMILES string of the molecule is CC(C)(C)OC(=O)NC(=BOC#N)NCCc1nnc([C@@H]2CC[C@@H]3CN2C(=O)N3O)o1. The summed E-state index contributed by atoms with van der Waals surface area (Å²) >= 11 is 0. The molecule has 1 aromatic heterocycles. The van der Waals surface area contributed by atoms with E-state index < -0.39 is 17.7 Å². The van der Waals surface area contributed by atoms with Gasteiger partial charge in [0.15, 0.2) is 0 Å². The van der Waals surface area contributed by atoms with Crippen molar-refractivity contribution in [3.63, 3.8) is 0 Å². The van der Waals surface area contributed by atoms with E-state index in [0.717, 1.165) is 12.2 Å². The number of nitriles is 1. The van der Waals surface area contributed by atoms with E-state index in [2.05, 4.69) is 25.5 Å². The molecule has 0 unspecified atom stereocenters. The first-order chi connectivity index (χ1) is 14.7. The van der Waals surface area contributed by atoms with Crippen molar-refractivity contribution >= 4 is 25.0 Å². The molecule has 3 rings (SSSR count). The van der Waals surface area contributed by atoms with E-state index in [-0.39, 0.29) is 24.3 Å². The molecule has 0 saturated carbocycles. The van der Waals surface area contributed by atoms with Crippen molar-refractivity contribution in [2.75, 3.05) is 13.1 Å². The topological polar surface area (TPSA) is 166 Å². The van der Waals surface area contributed by atoms with Crippen LogP contribution < -0.4 is 10.6 Å². The summed E-state index contributed by atoms with van der Waals surface area (Å²) in [7, 11) is 1.04. The quantitative estimate of drug-likeness (QED) is 0.308. The number of urea groups is 1. The Hall–Kier alpha value is -3.34. The van der Waals surface area contributed by atoms with Gasteiger partial charge in [-0.1, -0.05) is 0 Å². The Morgan fingerprint density at radius 3 is 2.90 bits per heavy atom. The number of carbonyl (C=O) groups excluding carboxylic acids is 2. The van der Waals surface area contributed by atoms with Gasteiger partial charge in [-0.15, -0.1) is 0 Å². The molecule has 2 bridgehead atoms. The number of hydrogen-bond donors (Lipinski definition) is 3. The van der Waals surface area contributed by atoms with Crippen LogP contribution in [0.1, 0.15) is 51.4 Å². The number of fused-ring (bicyclic) bond motifs is 2. The Labute approximate surface area is 179 Å².